The Morgan fingerprint density at radius 2 is 1.71 bits per heavy atom. The topological polar surface area (TPSA) is 40.6 Å². The molecule has 2 aromatic rings. The van der Waals surface area contributed by atoms with Gasteiger partial charge in [-0.1, -0.05) is 0 Å². The zero-order valence-electron chi connectivity index (χ0n) is 10.2. The molecule has 0 aliphatic heterocycles. The van der Waals surface area contributed by atoms with E-state index in [1.54, 1.807) is 20.4 Å². The van der Waals surface area contributed by atoms with Gasteiger partial charge < -0.3 is 14.2 Å². The minimum Gasteiger partial charge on any atom is -0.496 e. The Kier molecular flexibility index (Phi) is 3.32. The van der Waals surface area contributed by atoms with Crippen LogP contribution in [0.25, 0.3) is 10.9 Å². The number of ether oxygens (including phenoxy) is 3. The van der Waals surface area contributed by atoms with Crippen LogP contribution in [0.5, 0.6) is 17.2 Å². The van der Waals surface area contributed by atoms with Crippen LogP contribution in [-0.4, -0.2) is 25.8 Å². The van der Waals surface area contributed by atoms with Crippen LogP contribution >= 0.6 is 0 Å². The van der Waals surface area contributed by atoms with Gasteiger partial charge >= 0.3 is 0 Å². The third-order valence-electron chi connectivity index (χ3n) is 2.52. The van der Waals surface area contributed by atoms with Crippen LogP contribution in [-0.2, 0) is 0 Å². The van der Waals surface area contributed by atoms with Gasteiger partial charge in [-0.3, -0.25) is 4.98 Å². The molecule has 0 unspecified atom stereocenters. The average molecular weight is 233 g/mol. The molecule has 17 heavy (non-hydrogen) atoms. The Morgan fingerprint density at radius 1 is 1.00 bits per heavy atom. The lowest BCUT2D eigenvalue weighted by Crippen LogP contribution is -1.97. The summed E-state index contributed by atoms with van der Waals surface area (Å²) in [4.78, 5) is 4.32. The number of rotatable bonds is 4. The summed E-state index contributed by atoms with van der Waals surface area (Å²) >= 11 is 0. The molecule has 4 nitrogen and oxygen atoms in total. The Morgan fingerprint density at radius 3 is 2.35 bits per heavy atom. The van der Waals surface area contributed by atoms with Crippen molar-refractivity contribution in [3.8, 4) is 17.2 Å². The minimum absolute atomic E-state index is 0.597. The van der Waals surface area contributed by atoms with Gasteiger partial charge in [0.25, 0.3) is 0 Å². The van der Waals surface area contributed by atoms with Crippen molar-refractivity contribution < 1.29 is 14.2 Å². The fraction of sp³-hybridized carbons (Fsp3) is 0.308. The van der Waals surface area contributed by atoms with Crippen molar-refractivity contribution in [2.45, 2.75) is 6.92 Å². The van der Waals surface area contributed by atoms with Gasteiger partial charge in [-0.25, -0.2) is 0 Å². The molecule has 4 heteroatoms. The third-order valence-corrected chi connectivity index (χ3v) is 2.52. The van der Waals surface area contributed by atoms with Gasteiger partial charge in [0.2, 0.25) is 0 Å². The average Bonchev–Trinajstić information content (AvgIpc) is 2.38. The number of aromatic nitrogens is 1. The molecule has 0 aliphatic carbocycles. The molecular weight excluding hydrogens is 218 g/mol. The summed E-state index contributed by atoms with van der Waals surface area (Å²) in [6.45, 7) is 2.54. The second-order valence-corrected chi connectivity index (χ2v) is 3.44. The summed E-state index contributed by atoms with van der Waals surface area (Å²) in [5.41, 5.74) is 0.748. The first-order valence-electron chi connectivity index (χ1n) is 5.44. The van der Waals surface area contributed by atoms with Crippen molar-refractivity contribution in [1.82, 2.24) is 4.98 Å². The van der Waals surface area contributed by atoms with Crippen molar-refractivity contribution in [3.63, 3.8) is 0 Å². The smallest absolute Gasteiger partial charge is 0.145 e. The molecule has 0 aliphatic rings. The van der Waals surface area contributed by atoms with Crippen molar-refractivity contribution in [2.24, 2.45) is 0 Å². The Labute approximate surface area is 100 Å². The molecule has 0 N–H and O–H groups in total. The molecule has 0 atom stereocenters. The van der Waals surface area contributed by atoms with E-state index in [2.05, 4.69) is 4.98 Å². The van der Waals surface area contributed by atoms with Crippen LogP contribution in [0.3, 0.4) is 0 Å². The van der Waals surface area contributed by atoms with Crippen LogP contribution in [0.15, 0.2) is 24.4 Å². The molecule has 0 saturated carbocycles. The molecule has 90 valence electrons. The lowest BCUT2D eigenvalue weighted by molar-refractivity contribution is 0.341. The predicted molar refractivity (Wildman–Crippen MR) is 66.0 cm³/mol. The number of hydrogen-bond donors (Lipinski definition) is 0. The highest BCUT2D eigenvalue weighted by Gasteiger charge is 2.13. The number of methoxy groups -OCH3 is 2. The molecule has 0 bridgehead atoms. The SMILES string of the molecule is CCOc1ccnc2c(OC)ccc(OC)c12. The van der Waals surface area contributed by atoms with Crippen LogP contribution in [0.2, 0.25) is 0 Å². The van der Waals surface area contributed by atoms with Gasteiger partial charge in [-0.15, -0.1) is 0 Å². The molecule has 0 amide bonds. The zero-order valence-corrected chi connectivity index (χ0v) is 10.2. The predicted octanol–water partition coefficient (Wildman–Crippen LogP) is 2.65. The molecule has 1 heterocycles. The lowest BCUT2D eigenvalue weighted by Gasteiger charge is -2.12. The first kappa shape index (κ1) is 11.5. The minimum atomic E-state index is 0.597. The van der Waals surface area contributed by atoms with E-state index >= 15 is 0 Å². The highest BCUT2D eigenvalue weighted by Crippen LogP contribution is 2.37. The molecular formula is C13H15NO3. The van der Waals surface area contributed by atoms with Crippen LogP contribution in [0.1, 0.15) is 6.92 Å². The van der Waals surface area contributed by atoms with E-state index in [0.29, 0.717) is 12.4 Å². The summed E-state index contributed by atoms with van der Waals surface area (Å²) in [6.07, 6.45) is 1.70. The normalized spacial score (nSPS) is 10.3. The van der Waals surface area contributed by atoms with E-state index in [4.69, 9.17) is 14.2 Å². The number of fused-ring (bicyclic) bond motifs is 1. The summed E-state index contributed by atoms with van der Waals surface area (Å²) < 4.78 is 16.2. The van der Waals surface area contributed by atoms with Gasteiger partial charge in [0.1, 0.15) is 22.8 Å². The quantitative estimate of drug-likeness (QED) is 0.814. The van der Waals surface area contributed by atoms with Gasteiger partial charge in [-0.2, -0.15) is 0 Å². The lowest BCUT2D eigenvalue weighted by atomic mass is 10.1. The summed E-state index contributed by atoms with van der Waals surface area (Å²) in [5.74, 6) is 2.20. The Balaban J connectivity index is 2.75. The molecule has 0 spiro atoms. The third kappa shape index (κ3) is 1.98. The Hall–Kier alpha value is -1.97. The largest absolute Gasteiger partial charge is 0.496 e. The van der Waals surface area contributed by atoms with E-state index in [-0.39, 0.29) is 0 Å². The van der Waals surface area contributed by atoms with E-state index in [1.807, 2.05) is 25.1 Å². The molecule has 0 radical (unpaired) electrons. The standard InChI is InChI=1S/C13H15NO3/c1-4-17-10-7-8-14-13-11(16-3)6-5-9(15-2)12(10)13/h5-8H,4H2,1-3H3. The maximum atomic E-state index is 5.59. The van der Waals surface area contributed by atoms with Gasteiger partial charge in [0.05, 0.1) is 26.2 Å². The first-order chi connectivity index (χ1) is 8.31. The summed E-state index contributed by atoms with van der Waals surface area (Å²) in [5, 5.41) is 0.844. The van der Waals surface area contributed by atoms with Crippen molar-refractivity contribution in [1.29, 1.82) is 0 Å². The van der Waals surface area contributed by atoms with Crippen LogP contribution in [0, 0.1) is 0 Å². The fourth-order valence-corrected chi connectivity index (χ4v) is 1.79. The van der Waals surface area contributed by atoms with Gasteiger partial charge in [0, 0.05) is 6.20 Å². The van der Waals surface area contributed by atoms with E-state index in [1.165, 1.54) is 0 Å². The molecule has 0 saturated heterocycles. The number of pyridine rings is 1. The van der Waals surface area contributed by atoms with Gasteiger partial charge in [0.15, 0.2) is 0 Å². The highest BCUT2D eigenvalue weighted by atomic mass is 16.5. The first-order valence-corrected chi connectivity index (χ1v) is 5.44. The zero-order chi connectivity index (χ0) is 12.3. The number of benzene rings is 1. The monoisotopic (exact) mass is 233 g/mol. The second-order valence-electron chi connectivity index (χ2n) is 3.44. The van der Waals surface area contributed by atoms with E-state index < -0.39 is 0 Å². The molecule has 1 aromatic carbocycles. The molecule has 2 rings (SSSR count). The van der Waals surface area contributed by atoms with Crippen LogP contribution in [0.4, 0.5) is 0 Å². The number of nitrogens with zero attached hydrogens (tertiary/aromatic N) is 1. The van der Waals surface area contributed by atoms with Gasteiger partial charge in [-0.05, 0) is 25.1 Å². The maximum Gasteiger partial charge on any atom is 0.145 e. The highest BCUT2D eigenvalue weighted by molar-refractivity contribution is 5.94. The van der Waals surface area contributed by atoms with Crippen molar-refractivity contribution >= 4 is 10.9 Å². The van der Waals surface area contributed by atoms with Crippen molar-refractivity contribution in [3.05, 3.63) is 24.4 Å². The summed E-state index contributed by atoms with van der Waals surface area (Å²) in [7, 11) is 3.25. The second kappa shape index (κ2) is 4.91. The maximum absolute atomic E-state index is 5.59. The number of hydrogen-bond acceptors (Lipinski definition) is 4. The molecule has 1 aromatic heterocycles. The van der Waals surface area contributed by atoms with Crippen molar-refractivity contribution in [2.75, 3.05) is 20.8 Å². The Bertz CT molecular complexity index is 525. The van der Waals surface area contributed by atoms with E-state index in [9.17, 15) is 0 Å². The van der Waals surface area contributed by atoms with Crippen LogP contribution < -0.4 is 14.2 Å². The molecule has 0 fully saturated rings. The summed E-state index contributed by atoms with van der Waals surface area (Å²) in [6, 6.07) is 5.52. The van der Waals surface area contributed by atoms with E-state index in [0.717, 1.165) is 22.4 Å². The fourth-order valence-electron chi connectivity index (χ4n) is 1.79.